The van der Waals surface area contributed by atoms with Crippen molar-refractivity contribution in [1.82, 2.24) is 19.5 Å². The van der Waals surface area contributed by atoms with E-state index in [0.29, 0.717) is 22.2 Å². The molecule has 0 aliphatic rings. The van der Waals surface area contributed by atoms with Crippen molar-refractivity contribution in [3.8, 4) is 11.1 Å². The van der Waals surface area contributed by atoms with Crippen LogP contribution in [0, 0.1) is 5.82 Å². The maximum absolute atomic E-state index is 15.4. The second-order valence-electron chi connectivity index (χ2n) is 7.65. The first-order chi connectivity index (χ1) is 15.9. The molecule has 1 unspecified atom stereocenters. The number of hydrogen-bond donors (Lipinski definition) is 1. The molecule has 5 aromatic rings. The number of aryl methyl sites for hydroxylation is 1. The zero-order chi connectivity index (χ0) is 23.2. The van der Waals surface area contributed by atoms with Gasteiger partial charge in [0.05, 0.1) is 23.2 Å². The van der Waals surface area contributed by atoms with Crippen LogP contribution in [0.3, 0.4) is 0 Å². The molecule has 2 aromatic carbocycles. The van der Waals surface area contributed by atoms with E-state index >= 15 is 4.39 Å². The summed E-state index contributed by atoms with van der Waals surface area (Å²) in [5.41, 5.74) is 0.775. The second-order valence-corrected chi connectivity index (χ2v) is 8.38. The minimum Gasteiger partial charge on any atom is -0.374 e. The molecule has 0 amide bonds. The highest BCUT2D eigenvalue weighted by molar-refractivity contribution is 6.42. The van der Waals surface area contributed by atoms with Crippen LogP contribution in [0.2, 0.25) is 10.2 Å². The maximum atomic E-state index is 15.4. The highest BCUT2D eigenvalue weighted by Gasteiger charge is 2.37. The van der Waals surface area contributed by atoms with E-state index in [1.165, 1.54) is 6.07 Å². The van der Waals surface area contributed by atoms with E-state index < -0.39 is 11.4 Å². The first kappa shape index (κ1) is 21.5. The number of hydrogen-bond acceptors (Lipinski definition) is 4. The Bertz CT molecular complexity index is 1470. The Hall–Kier alpha value is -3.32. The van der Waals surface area contributed by atoms with Gasteiger partial charge in [0.2, 0.25) is 0 Å². The van der Waals surface area contributed by atoms with Gasteiger partial charge in [0, 0.05) is 30.4 Å². The fraction of sp³-hybridized carbons (Fsp3) is 0.0800. The molecule has 5 rings (SSSR count). The number of aliphatic hydroxyl groups is 1. The molecular formula is C25H17Cl2FN4O. The number of halogens is 3. The highest BCUT2D eigenvalue weighted by Crippen LogP contribution is 2.43. The van der Waals surface area contributed by atoms with Crippen molar-refractivity contribution in [3.05, 3.63) is 112 Å². The number of pyridine rings is 2. The van der Waals surface area contributed by atoms with E-state index in [0.717, 1.165) is 5.56 Å². The molecule has 164 valence electrons. The first-order valence-electron chi connectivity index (χ1n) is 10.0. The van der Waals surface area contributed by atoms with E-state index in [-0.39, 0.29) is 21.3 Å². The first-order valence-corrected chi connectivity index (χ1v) is 10.8. The average Bonchev–Trinajstić information content (AvgIpc) is 3.27. The van der Waals surface area contributed by atoms with Gasteiger partial charge in [-0.15, -0.1) is 0 Å². The fourth-order valence-electron chi connectivity index (χ4n) is 4.08. The van der Waals surface area contributed by atoms with Crippen LogP contribution < -0.4 is 0 Å². The van der Waals surface area contributed by atoms with Crippen LogP contribution in [0.25, 0.3) is 22.0 Å². The molecule has 1 N–H and O–H groups in total. The van der Waals surface area contributed by atoms with E-state index in [2.05, 4.69) is 15.0 Å². The number of aromatic nitrogens is 4. The predicted molar refractivity (Wildman–Crippen MR) is 127 cm³/mol. The molecular weight excluding hydrogens is 462 g/mol. The Morgan fingerprint density at radius 2 is 1.70 bits per heavy atom. The molecule has 0 spiro atoms. The van der Waals surface area contributed by atoms with Crippen molar-refractivity contribution >= 4 is 34.1 Å². The van der Waals surface area contributed by atoms with E-state index in [1.54, 1.807) is 54.7 Å². The van der Waals surface area contributed by atoms with Crippen LogP contribution in [0.1, 0.15) is 16.8 Å². The van der Waals surface area contributed by atoms with Gasteiger partial charge in [-0.2, -0.15) is 0 Å². The molecule has 0 fully saturated rings. The molecule has 3 heterocycles. The van der Waals surface area contributed by atoms with E-state index in [4.69, 9.17) is 23.2 Å². The summed E-state index contributed by atoms with van der Waals surface area (Å²) < 4.78 is 17.1. The monoisotopic (exact) mass is 478 g/mol. The third-order valence-electron chi connectivity index (χ3n) is 5.70. The predicted octanol–water partition coefficient (Wildman–Crippen LogP) is 5.76. The van der Waals surface area contributed by atoms with E-state index in [9.17, 15) is 5.11 Å². The van der Waals surface area contributed by atoms with Crippen molar-refractivity contribution in [2.75, 3.05) is 0 Å². The summed E-state index contributed by atoms with van der Waals surface area (Å²) in [5.74, 6) is -0.652. The van der Waals surface area contributed by atoms with Crippen LogP contribution in [-0.2, 0) is 12.6 Å². The summed E-state index contributed by atoms with van der Waals surface area (Å²) in [6.45, 7) is 0. The molecule has 0 saturated heterocycles. The van der Waals surface area contributed by atoms with Gasteiger partial charge in [0.1, 0.15) is 16.5 Å². The summed E-state index contributed by atoms with van der Waals surface area (Å²) in [7, 11) is 1.76. The molecule has 0 radical (unpaired) electrons. The molecule has 8 heteroatoms. The summed E-state index contributed by atoms with van der Waals surface area (Å²) >= 11 is 13.2. The molecule has 0 aliphatic heterocycles. The Balaban J connectivity index is 1.83. The van der Waals surface area contributed by atoms with Gasteiger partial charge in [-0.1, -0.05) is 53.5 Å². The quantitative estimate of drug-likeness (QED) is 0.333. The van der Waals surface area contributed by atoms with Gasteiger partial charge in [0.15, 0.2) is 5.60 Å². The lowest BCUT2D eigenvalue weighted by molar-refractivity contribution is 0.117. The number of nitrogens with zero attached hydrogens (tertiary/aromatic N) is 4. The largest absolute Gasteiger partial charge is 0.374 e. The molecule has 0 saturated carbocycles. The standard InChI is InChI=1S/C25H17Cl2FN4O/c1-32-14-30-13-20(32)25(33,16-7-9-29-10-8-16)17-11-18-22(26)21(15-5-3-2-4-6-15)24(27)31-23(18)19(28)12-17/h2-14,33H,1H3. The lowest BCUT2D eigenvalue weighted by Crippen LogP contribution is -2.31. The van der Waals surface area contributed by atoms with Gasteiger partial charge in [-0.05, 0) is 41.0 Å². The van der Waals surface area contributed by atoms with Gasteiger partial charge >= 0.3 is 0 Å². The Labute approximate surface area is 199 Å². The zero-order valence-electron chi connectivity index (χ0n) is 17.4. The van der Waals surface area contributed by atoms with Crippen molar-refractivity contribution in [3.63, 3.8) is 0 Å². The van der Waals surface area contributed by atoms with Crippen LogP contribution in [-0.4, -0.2) is 24.6 Å². The van der Waals surface area contributed by atoms with Gasteiger partial charge < -0.3 is 9.67 Å². The normalized spacial score (nSPS) is 13.2. The van der Waals surface area contributed by atoms with Crippen LogP contribution in [0.4, 0.5) is 4.39 Å². The smallest absolute Gasteiger partial charge is 0.157 e. The Morgan fingerprint density at radius 3 is 2.36 bits per heavy atom. The maximum Gasteiger partial charge on any atom is 0.157 e. The van der Waals surface area contributed by atoms with E-state index in [1.807, 2.05) is 30.3 Å². The number of benzene rings is 2. The Kier molecular flexibility index (Phi) is 5.37. The van der Waals surface area contributed by atoms with Crippen LogP contribution in [0.15, 0.2) is 79.5 Å². The second kappa shape index (κ2) is 8.23. The molecule has 0 bridgehead atoms. The molecule has 5 nitrogen and oxygen atoms in total. The molecule has 33 heavy (non-hydrogen) atoms. The molecule has 3 aromatic heterocycles. The third kappa shape index (κ3) is 3.47. The zero-order valence-corrected chi connectivity index (χ0v) is 18.9. The number of imidazole rings is 1. The van der Waals surface area contributed by atoms with Crippen LogP contribution in [0.5, 0.6) is 0 Å². The lowest BCUT2D eigenvalue weighted by atomic mass is 9.83. The van der Waals surface area contributed by atoms with Crippen molar-refractivity contribution < 1.29 is 9.50 Å². The van der Waals surface area contributed by atoms with Crippen molar-refractivity contribution in [2.45, 2.75) is 5.60 Å². The van der Waals surface area contributed by atoms with Crippen LogP contribution >= 0.6 is 23.2 Å². The minimum atomic E-state index is -1.72. The van der Waals surface area contributed by atoms with Gasteiger partial charge in [-0.25, -0.2) is 14.4 Å². The lowest BCUT2D eigenvalue weighted by Gasteiger charge is -2.30. The SMILES string of the molecule is Cn1cncc1C(O)(c1ccncc1)c1cc(F)c2nc(Cl)c(-c3ccccc3)c(Cl)c2c1. The van der Waals surface area contributed by atoms with Crippen molar-refractivity contribution in [2.24, 2.45) is 7.05 Å². The third-order valence-corrected chi connectivity index (χ3v) is 6.37. The highest BCUT2D eigenvalue weighted by atomic mass is 35.5. The summed E-state index contributed by atoms with van der Waals surface area (Å²) in [5, 5.41) is 12.8. The molecule has 1 atom stereocenters. The topological polar surface area (TPSA) is 63.8 Å². The average molecular weight is 479 g/mol. The minimum absolute atomic E-state index is 0.0236. The number of fused-ring (bicyclic) bond motifs is 1. The Morgan fingerprint density at radius 1 is 0.970 bits per heavy atom. The van der Waals surface area contributed by atoms with Gasteiger partial charge in [0.25, 0.3) is 0 Å². The number of rotatable bonds is 4. The summed E-state index contributed by atoms with van der Waals surface area (Å²) in [6, 6.07) is 15.5. The molecule has 0 aliphatic carbocycles. The summed E-state index contributed by atoms with van der Waals surface area (Å²) in [4.78, 5) is 12.5. The van der Waals surface area contributed by atoms with Gasteiger partial charge in [-0.3, -0.25) is 4.98 Å². The van der Waals surface area contributed by atoms with Crippen molar-refractivity contribution in [1.29, 1.82) is 0 Å². The summed E-state index contributed by atoms with van der Waals surface area (Å²) in [6.07, 6.45) is 6.24. The fourth-order valence-corrected chi connectivity index (χ4v) is 4.76.